The first-order valence-corrected chi connectivity index (χ1v) is 10.9. The lowest BCUT2D eigenvalue weighted by Gasteiger charge is -2.28. The number of nitrogens with two attached hydrogens (primary N) is 1. The van der Waals surface area contributed by atoms with Crippen molar-refractivity contribution < 1.29 is 17.9 Å². The number of carbonyl (C=O) groups is 1. The molecule has 0 saturated carbocycles. The van der Waals surface area contributed by atoms with Crippen LogP contribution < -0.4 is 9.88 Å². The maximum atomic E-state index is 13.2. The fourth-order valence-electron chi connectivity index (χ4n) is 3.58. The Kier molecular flexibility index (Phi) is 4.68. The number of para-hydroxylation sites is 1. The lowest BCUT2D eigenvalue weighted by atomic mass is 10.0. The molecule has 3 aromatic rings. The standard InChI is InChI=1S/C19H18BrN3O4S/c1-27-17-6-5-11(28(21,25)26)9-13(17)19(24)23-8-7-16-14(10-23)12-3-2-4-15(20)18(12)22-16/h2-6,9,22H,7-8,10H2,1H3,(H2,21,25,26). The van der Waals surface area contributed by atoms with Gasteiger partial charge in [-0.05, 0) is 40.2 Å². The van der Waals surface area contributed by atoms with Gasteiger partial charge >= 0.3 is 0 Å². The van der Waals surface area contributed by atoms with Crippen molar-refractivity contribution in [3.63, 3.8) is 0 Å². The number of aromatic amines is 1. The molecule has 1 aromatic heterocycles. The van der Waals surface area contributed by atoms with Crippen molar-refractivity contribution in [2.75, 3.05) is 13.7 Å². The van der Waals surface area contributed by atoms with Crippen LogP contribution in [0.25, 0.3) is 10.9 Å². The van der Waals surface area contributed by atoms with Crippen LogP contribution in [-0.4, -0.2) is 37.9 Å². The average Bonchev–Trinajstić information content (AvgIpc) is 3.05. The second-order valence-electron chi connectivity index (χ2n) is 6.63. The Balaban J connectivity index is 1.73. The quantitative estimate of drug-likeness (QED) is 0.622. The number of primary sulfonamides is 1. The van der Waals surface area contributed by atoms with Gasteiger partial charge in [0.25, 0.3) is 5.91 Å². The summed E-state index contributed by atoms with van der Waals surface area (Å²) in [7, 11) is -2.49. The van der Waals surface area contributed by atoms with Crippen molar-refractivity contribution in [2.24, 2.45) is 5.14 Å². The number of hydrogen-bond acceptors (Lipinski definition) is 4. The van der Waals surface area contributed by atoms with Crippen molar-refractivity contribution in [3.05, 3.63) is 57.7 Å². The van der Waals surface area contributed by atoms with Crippen LogP contribution in [0, 0.1) is 0 Å². The summed E-state index contributed by atoms with van der Waals surface area (Å²) in [6.07, 6.45) is 0.680. The molecule has 1 amide bonds. The number of halogens is 1. The normalized spacial score (nSPS) is 14.2. The molecule has 0 fully saturated rings. The van der Waals surface area contributed by atoms with Gasteiger partial charge in [-0.2, -0.15) is 0 Å². The van der Waals surface area contributed by atoms with Gasteiger partial charge in [0, 0.05) is 40.6 Å². The van der Waals surface area contributed by atoms with E-state index in [1.807, 2.05) is 18.2 Å². The summed E-state index contributed by atoms with van der Waals surface area (Å²) in [5.41, 5.74) is 3.36. The summed E-state index contributed by atoms with van der Waals surface area (Å²) in [5.74, 6) is 0.0159. The number of fused-ring (bicyclic) bond motifs is 3. The van der Waals surface area contributed by atoms with Gasteiger partial charge in [-0.25, -0.2) is 13.6 Å². The Morgan fingerprint density at radius 1 is 1.29 bits per heavy atom. The Labute approximate surface area is 170 Å². The number of aromatic nitrogens is 1. The van der Waals surface area contributed by atoms with Crippen LogP contribution in [-0.2, 0) is 23.0 Å². The van der Waals surface area contributed by atoms with Gasteiger partial charge in [0.05, 0.1) is 23.1 Å². The number of nitrogens with one attached hydrogen (secondary N) is 1. The molecule has 4 rings (SSSR count). The molecule has 146 valence electrons. The van der Waals surface area contributed by atoms with E-state index in [0.717, 1.165) is 26.6 Å². The van der Waals surface area contributed by atoms with Crippen molar-refractivity contribution in [1.82, 2.24) is 9.88 Å². The lowest BCUT2D eigenvalue weighted by Crippen LogP contribution is -2.36. The molecule has 1 aliphatic heterocycles. The first-order chi connectivity index (χ1) is 13.3. The number of ether oxygens (including phenoxy) is 1. The van der Waals surface area contributed by atoms with Crippen molar-refractivity contribution in [3.8, 4) is 5.75 Å². The number of methoxy groups -OCH3 is 1. The van der Waals surface area contributed by atoms with Crippen LogP contribution in [0.2, 0.25) is 0 Å². The molecule has 0 spiro atoms. The number of H-pyrrole nitrogens is 1. The fourth-order valence-corrected chi connectivity index (χ4v) is 4.58. The molecule has 0 bridgehead atoms. The number of carbonyl (C=O) groups excluding carboxylic acids is 1. The van der Waals surface area contributed by atoms with Gasteiger partial charge in [-0.3, -0.25) is 4.79 Å². The highest BCUT2D eigenvalue weighted by atomic mass is 79.9. The largest absolute Gasteiger partial charge is 0.496 e. The van der Waals surface area contributed by atoms with Crippen LogP contribution in [0.1, 0.15) is 21.6 Å². The summed E-state index contributed by atoms with van der Waals surface area (Å²) < 4.78 is 29.6. The number of amides is 1. The maximum Gasteiger partial charge on any atom is 0.257 e. The lowest BCUT2D eigenvalue weighted by molar-refractivity contribution is 0.0731. The molecule has 2 heterocycles. The van der Waals surface area contributed by atoms with E-state index in [1.54, 1.807) is 4.90 Å². The Morgan fingerprint density at radius 3 is 2.79 bits per heavy atom. The van der Waals surface area contributed by atoms with Gasteiger partial charge in [-0.15, -0.1) is 0 Å². The van der Waals surface area contributed by atoms with Crippen molar-refractivity contribution >= 4 is 42.8 Å². The fraction of sp³-hybridized carbons (Fsp3) is 0.211. The smallest absolute Gasteiger partial charge is 0.257 e. The summed E-state index contributed by atoms with van der Waals surface area (Å²) in [5, 5.41) is 6.28. The first-order valence-electron chi connectivity index (χ1n) is 8.57. The Morgan fingerprint density at radius 2 is 2.07 bits per heavy atom. The highest BCUT2D eigenvalue weighted by molar-refractivity contribution is 9.10. The second-order valence-corrected chi connectivity index (χ2v) is 9.04. The molecule has 1 aliphatic rings. The second kappa shape index (κ2) is 6.91. The minimum Gasteiger partial charge on any atom is -0.496 e. The van der Waals surface area contributed by atoms with Gasteiger partial charge in [-0.1, -0.05) is 12.1 Å². The first kappa shape index (κ1) is 19.0. The number of sulfonamides is 1. The van der Waals surface area contributed by atoms with Crippen LogP contribution >= 0.6 is 15.9 Å². The molecule has 0 saturated heterocycles. The van der Waals surface area contributed by atoms with Crippen LogP contribution in [0.3, 0.4) is 0 Å². The number of benzene rings is 2. The van der Waals surface area contributed by atoms with Gasteiger partial charge < -0.3 is 14.6 Å². The highest BCUT2D eigenvalue weighted by Gasteiger charge is 2.27. The van der Waals surface area contributed by atoms with E-state index >= 15 is 0 Å². The number of hydrogen-bond donors (Lipinski definition) is 2. The predicted octanol–water partition coefficient (Wildman–Crippen LogP) is 2.78. The molecular weight excluding hydrogens is 446 g/mol. The monoisotopic (exact) mass is 463 g/mol. The molecule has 9 heteroatoms. The molecule has 0 aliphatic carbocycles. The van der Waals surface area contributed by atoms with E-state index in [9.17, 15) is 13.2 Å². The van der Waals surface area contributed by atoms with E-state index in [-0.39, 0.29) is 16.4 Å². The molecule has 3 N–H and O–H groups in total. The third kappa shape index (κ3) is 3.19. The summed E-state index contributed by atoms with van der Waals surface area (Å²) in [6.45, 7) is 0.937. The minimum atomic E-state index is -3.92. The van der Waals surface area contributed by atoms with Crippen molar-refractivity contribution in [2.45, 2.75) is 17.9 Å². The molecule has 2 aromatic carbocycles. The maximum absolute atomic E-state index is 13.2. The Bertz CT molecular complexity index is 1200. The molecular formula is C19H18BrN3O4S. The van der Waals surface area contributed by atoms with Gasteiger partial charge in [0.2, 0.25) is 10.0 Å². The predicted molar refractivity (Wildman–Crippen MR) is 109 cm³/mol. The number of rotatable bonds is 3. The molecule has 0 atom stereocenters. The highest BCUT2D eigenvalue weighted by Crippen LogP contribution is 2.33. The third-order valence-corrected chi connectivity index (χ3v) is 6.55. The topological polar surface area (TPSA) is 105 Å². The summed E-state index contributed by atoms with van der Waals surface area (Å²) in [4.78, 5) is 18.2. The van der Waals surface area contributed by atoms with E-state index < -0.39 is 10.0 Å². The van der Waals surface area contributed by atoms with Crippen LogP contribution in [0.5, 0.6) is 5.75 Å². The van der Waals surface area contributed by atoms with Crippen molar-refractivity contribution in [1.29, 1.82) is 0 Å². The zero-order valence-electron chi connectivity index (χ0n) is 15.0. The third-order valence-electron chi connectivity index (χ3n) is 4.98. The average molecular weight is 464 g/mol. The molecule has 0 unspecified atom stereocenters. The SMILES string of the molecule is COc1ccc(S(N)(=O)=O)cc1C(=O)N1CCc2[nH]c3c(Br)cccc3c2C1. The summed E-state index contributed by atoms with van der Waals surface area (Å²) >= 11 is 3.55. The molecule has 7 nitrogen and oxygen atoms in total. The molecule has 28 heavy (non-hydrogen) atoms. The minimum absolute atomic E-state index is 0.120. The summed E-state index contributed by atoms with van der Waals surface area (Å²) in [6, 6.07) is 10.0. The van der Waals surface area contributed by atoms with Gasteiger partial charge in [0.15, 0.2) is 0 Å². The van der Waals surface area contributed by atoms with Crippen LogP contribution in [0.4, 0.5) is 0 Å². The zero-order valence-corrected chi connectivity index (χ0v) is 17.4. The number of nitrogens with zero attached hydrogens (tertiary/aromatic N) is 1. The molecule has 0 radical (unpaired) electrons. The van der Waals surface area contributed by atoms with E-state index in [1.165, 1.54) is 25.3 Å². The van der Waals surface area contributed by atoms with Gasteiger partial charge in [0.1, 0.15) is 5.75 Å². The Hall–Kier alpha value is -2.36. The zero-order chi connectivity index (χ0) is 20.1. The van der Waals surface area contributed by atoms with Crippen LogP contribution in [0.15, 0.2) is 45.8 Å². The van der Waals surface area contributed by atoms with E-state index in [0.29, 0.717) is 25.3 Å². The van der Waals surface area contributed by atoms with E-state index in [4.69, 9.17) is 9.88 Å². The van der Waals surface area contributed by atoms with E-state index in [2.05, 4.69) is 20.9 Å².